The first-order chi connectivity index (χ1) is 7.75. The maximum atomic E-state index is 5.64. The Morgan fingerprint density at radius 3 is 2.17 bits per heavy atom. The van der Waals surface area contributed by atoms with Crippen molar-refractivity contribution in [2.75, 3.05) is 11.5 Å². The molecule has 18 heavy (non-hydrogen) atoms. The Balaban J connectivity index is 0.00000144. The molecule has 5 nitrogen and oxygen atoms in total. The van der Waals surface area contributed by atoms with Crippen LogP contribution in [0.4, 0.5) is 27.7 Å². The minimum absolute atomic E-state index is 0. The van der Waals surface area contributed by atoms with Crippen LogP contribution in [0.2, 0.25) is 0 Å². The molecule has 0 aliphatic rings. The van der Waals surface area contributed by atoms with Gasteiger partial charge in [-0.05, 0) is 24.3 Å². The van der Waals surface area contributed by atoms with Gasteiger partial charge in [0.25, 0.3) is 0 Å². The number of benzene rings is 1. The van der Waals surface area contributed by atoms with Crippen LogP contribution in [0.1, 0.15) is 0 Å². The minimum atomic E-state index is 0. The minimum Gasteiger partial charge on any atom is -0.384 e. The lowest BCUT2D eigenvalue weighted by molar-refractivity contribution is 1.11. The number of rotatable bonds is 2. The van der Waals surface area contributed by atoms with E-state index in [4.69, 9.17) is 11.5 Å². The number of aromatic nitrogens is 1. The first kappa shape index (κ1) is 15.8. The molecule has 0 atom stereocenters. The van der Waals surface area contributed by atoms with Gasteiger partial charge in [0.05, 0.1) is 5.69 Å². The van der Waals surface area contributed by atoms with Crippen molar-refractivity contribution in [2.24, 2.45) is 10.2 Å². The van der Waals surface area contributed by atoms with Gasteiger partial charge < -0.3 is 11.5 Å². The molecule has 7 heteroatoms. The van der Waals surface area contributed by atoms with Crippen molar-refractivity contribution in [1.29, 1.82) is 0 Å². The predicted molar refractivity (Wildman–Crippen MR) is 73.4 cm³/mol. The standard InChI is InChI=1S/C11H11N5.ClH.FH/c12-10-7-6-9(11(13)14-10)16-15-8-4-2-1-3-5-8;;/h1-7H,(H4,12,13,14);2*1H/b16-15+;;. The molecule has 0 saturated heterocycles. The Morgan fingerprint density at radius 1 is 0.889 bits per heavy atom. The second kappa shape index (κ2) is 7.18. The summed E-state index contributed by atoms with van der Waals surface area (Å²) in [5.74, 6) is 0.649. The van der Waals surface area contributed by atoms with E-state index in [9.17, 15) is 0 Å². The van der Waals surface area contributed by atoms with E-state index in [1.807, 2.05) is 30.3 Å². The van der Waals surface area contributed by atoms with Crippen LogP contribution in [-0.2, 0) is 0 Å². The molecule has 2 rings (SSSR count). The van der Waals surface area contributed by atoms with Crippen LogP contribution >= 0.6 is 12.4 Å². The normalized spacial score (nSPS) is 9.56. The van der Waals surface area contributed by atoms with E-state index >= 15 is 0 Å². The molecule has 1 heterocycles. The van der Waals surface area contributed by atoms with Crippen molar-refractivity contribution in [3.8, 4) is 0 Å². The number of halogens is 2. The van der Waals surface area contributed by atoms with Crippen LogP contribution in [0.3, 0.4) is 0 Å². The topological polar surface area (TPSA) is 89.6 Å². The Morgan fingerprint density at radius 2 is 1.56 bits per heavy atom. The Kier molecular flexibility index (Phi) is 6.30. The molecule has 0 saturated carbocycles. The van der Waals surface area contributed by atoms with Crippen molar-refractivity contribution in [1.82, 2.24) is 4.98 Å². The molecule has 0 radical (unpaired) electrons. The zero-order valence-electron chi connectivity index (χ0n) is 9.35. The number of anilines is 2. The van der Waals surface area contributed by atoms with E-state index in [2.05, 4.69) is 15.2 Å². The summed E-state index contributed by atoms with van der Waals surface area (Å²) in [7, 11) is 0. The predicted octanol–water partition coefficient (Wildman–Crippen LogP) is 3.24. The number of hydrogen-bond acceptors (Lipinski definition) is 5. The first-order valence-electron chi connectivity index (χ1n) is 4.74. The molecular formula is C11H13ClFN5. The highest BCUT2D eigenvalue weighted by Gasteiger charge is 1.98. The van der Waals surface area contributed by atoms with Gasteiger partial charge in [-0.3, -0.25) is 4.70 Å². The van der Waals surface area contributed by atoms with Crippen LogP contribution in [-0.4, -0.2) is 4.98 Å². The zero-order valence-corrected chi connectivity index (χ0v) is 10.2. The molecule has 0 amide bonds. The second-order valence-electron chi connectivity index (χ2n) is 3.18. The average molecular weight is 270 g/mol. The number of nitrogens with two attached hydrogens (primary N) is 2. The third-order valence-corrected chi connectivity index (χ3v) is 1.95. The fourth-order valence-corrected chi connectivity index (χ4v) is 1.17. The van der Waals surface area contributed by atoms with Gasteiger partial charge in [0.2, 0.25) is 0 Å². The van der Waals surface area contributed by atoms with Crippen molar-refractivity contribution >= 4 is 35.4 Å². The summed E-state index contributed by atoms with van der Waals surface area (Å²) in [5.41, 5.74) is 12.4. The van der Waals surface area contributed by atoms with Gasteiger partial charge in [-0.1, -0.05) is 18.2 Å². The van der Waals surface area contributed by atoms with E-state index in [0.717, 1.165) is 5.69 Å². The summed E-state index contributed by atoms with van der Waals surface area (Å²) in [4.78, 5) is 3.89. The number of hydrogen-bond donors (Lipinski definition) is 2. The number of azo groups is 1. The van der Waals surface area contributed by atoms with Crippen LogP contribution in [0.15, 0.2) is 52.7 Å². The van der Waals surface area contributed by atoms with Crippen LogP contribution < -0.4 is 11.5 Å². The zero-order chi connectivity index (χ0) is 11.4. The lowest BCUT2D eigenvalue weighted by Crippen LogP contribution is -1.95. The fraction of sp³-hybridized carbons (Fsp3) is 0. The summed E-state index contributed by atoms with van der Waals surface area (Å²) in [5, 5.41) is 8.03. The third kappa shape index (κ3) is 3.99. The van der Waals surface area contributed by atoms with E-state index in [-0.39, 0.29) is 22.9 Å². The molecule has 0 fully saturated rings. The van der Waals surface area contributed by atoms with Gasteiger partial charge in [0, 0.05) is 0 Å². The lowest BCUT2D eigenvalue weighted by atomic mass is 10.3. The Bertz CT molecular complexity index is 518. The van der Waals surface area contributed by atoms with E-state index in [0.29, 0.717) is 11.5 Å². The van der Waals surface area contributed by atoms with Gasteiger partial charge in [-0.15, -0.1) is 17.5 Å². The van der Waals surface area contributed by atoms with Crippen LogP contribution in [0.25, 0.3) is 0 Å². The molecule has 0 spiro atoms. The lowest BCUT2D eigenvalue weighted by Gasteiger charge is -1.98. The maximum absolute atomic E-state index is 5.64. The first-order valence-corrected chi connectivity index (χ1v) is 4.74. The van der Waals surface area contributed by atoms with Crippen molar-refractivity contribution < 1.29 is 4.70 Å². The number of nitrogen functional groups attached to an aromatic ring is 2. The van der Waals surface area contributed by atoms with Gasteiger partial charge in [0.15, 0.2) is 5.82 Å². The molecule has 96 valence electrons. The van der Waals surface area contributed by atoms with Gasteiger partial charge >= 0.3 is 0 Å². The van der Waals surface area contributed by atoms with Crippen LogP contribution in [0.5, 0.6) is 0 Å². The third-order valence-electron chi connectivity index (χ3n) is 1.95. The van der Waals surface area contributed by atoms with Crippen molar-refractivity contribution in [3.05, 3.63) is 42.5 Å². The summed E-state index contributed by atoms with van der Waals surface area (Å²) in [6.07, 6.45) is 0. The quantitative estimate of drug-likeness (QED) is 0.820. The molecule has 0 aliphatic carbocycles. The summed E-state index contributed by atoms with van der Waals surface area (Å²) in [6, 6.07) is 12.7. The highest BCUT2D eigenvalue weighted by molar-refractivity contribution is 5.85. The smallest absolute Gasteiger partial charge is 0.153 e. The van der Waals surface area contributed by atoms with Gasteiger partial charge in [-0.2, -0.15) is 5.11 Å². The van der Waals surface area contributed by atoms with Gasteiger partial charge in [0.1, 0.15) is 11.5 Å². The highest BCUT2D eigenvalue weighted by atomic mass is 35.5. The summed E-state index contributed by atoms with van der Waals surface area (Å²) >= 11 is 0. The molecule has 0 unspecified atom stereocenters. The molecule has 0 bridgehead atoms. The monoisotopic (exact) mass is 269 g/mol. The number of pyridine rings is 1. The van der Waals surface area contributed by atoms with E-state index < -0.39 is 0 Å². The van der Waals surface area contributed by atoms with Crippen LogP contribution in [0, 0.1) is 0 Å². The van der Waals surface area contributed by atoms with Crippen molar-refractivity contribution in [3.63, 3.8) is 0 Å². The maximum Gasteiger partial charge on any atom is 0.153 e. The SMILES string of the molecule is Cl.F.Nc1ccc(/N=N/c2ccccc2)c(N)n1. The molecule has 2 aromatic rings. The largest absolute Gasteiger partial charge is 0.384 e. The van der Waals surface area contributed by atoms with Gasteiger partial charge in [-0.25, -0.2) is 4.98 Å². The molecule has 4 N–H and O–H groups in total. The summed E-state index contributed by atoms with van der Waals surface area (Å²) < 4.78 is 0. The Hall–Kier alpha value is -2.21. The average Bonchev–Trinajstić information content (AvgIpc) is 2.29. The molecular weight excluding hydrogens is 257 g/mol. The molecule has 1 aromatic heterocycles. The van der Waals surface area contributed by atoms with E-state index in [1.54, 1.807) is 12.1 Å². The Labute approximate surface area is 110 Å². The van der Waals surface area contributed by atoms with E-state index in [1.165, 1.54) is 0 Å². The highest BCUT2D eigenvalue weighted by Crippen LogP contribution is 2.23. The molecule has 1 aromatic carbocycles. The number of nitrogens with zero attached hydrogens (tertiary/aromatic N) is 3. The molecule has 0 aliphatic heterocycles. The fourth-order valence-electron chi connectivity index (χ4n) is 1.17. The van der Waals surface area contributed by atoms with Crippen molar-refractivity contribution in [2.45, 2.75) is 0 Å². The summed E-state index contributed by atoms with van der Waals surface area (Å²) in [6.45, 7) is 0. The second-order valence-corrected chi connectivity index (χ2v) is 3.18.